The fraction of sp³-hybridized carbons (Fsp3) is 1.00. The summed E-state index contributed by atoms with van der Waals surface area (Å²) >= 11 is 0. The Labute approximate surface area is 94.4 Å². The summed E-state index contributed by atoms with van der Waals surface area (Å²) in [6.45, 7) is 8.60. The Bertz CT molecular complexity index is 191. The average Bonchev–Trinajstić information content (AvgIpc) is 2.72. The predicted molar refractivity (Wildman–Crippen MR) is 65.0 cm³/mol. The summed E-state index contributed by atoms with van der Waals surface area (Å²) in [5.41, 5.74) is 0. The molecule has 0 amide bonds. The summed E-state index contributed by atoms with van der Waals surface area (Å²) in [5.74, 6) is 2.84. The van der Waals surface area contributed by atoms with E-state index in [0.717, 1.165) is 30.3 Å². The van der Waals surface area contributed by atoms with Gasteiger partial charge >= 0.3 is 0 Å². The largest absolute Gasteiger partial charge is 0.318 e. The molecule has 3 atom stereocenters. The van der Waals surface area contributed by atoms with E-state index in [1.165, 1.54) is 32.4 Å². The lowest BCUT2D eigenvalue weighted by atomic mass is 10.0. The molecule has 3 unspecified atom stereocenters. The molecule has 0 bridgehead atoms. The summed E-state index contributed by atoms with van der Waals surface area (Å²) in [5, 5.41) is 3.35. The van der Waals surface area contributed by atoms with Gasteiger partial charge in [-0.2, -0.15) is 0 Å². The third-order valence-corrected chi connectivity index (χ3v) is 4.41. The van der Waals surface area contributed by atoms with Gasteiger partial charge in [0.15, 0.2) is 0 Å². The van der Waals surface area contributed by atoms with Gasteiger partial charge in [-0.1, -0.05) is 20.3 Å². The monoisotopic (exact) mass is 210 g/mol. The predicted octanol–water partition coefficient (Wildman–Crippen LogP) is 1.96. The summed E-state index contributed by atoms with van der Waals surface area (Å²) in [7, 11) is 2.08. The van der Waals surface area contributed by atoms with E-state index in [0.29, 0.717) is 0 Å². The third kappa shape index (κ3) is 2.36. The Morgan fingerprint density at radius 3 is 2.27 bits per heavy atom. The fourth-order valence-corrected chi connectivity index (χ4v) is 3.54. The van der Waals surface area contributed by atoms with Crippen LogP contribution in [0.5, 0.6) is 0 Å². The van der Waals surface area contributed by atoms with Gasteiger partial charge in [-0.15, -0.1) is 0 Å². The molecule has 0 aromatic heterocycles. The Balaban J connectivity index is 1.92. The molecule has 0 radical (unpaired) electrons. The van der Waals surface area contributed by atoms with Gasteiger partial charge in [-0.3, -0.25) is 4.90 Å². The Hall–Kier alpha value is -0.0800. The molecule has 0 spiro atoms. The van der Waals surface area contributed by atoms with Gasteiger partial charge in [0.1, 0.15) is 0 Å². The van der Waals surface area contributed by atoms with E-state index in [-0.39, 0.29) is 0 Å². The first-order valence-corrected chi connectivity index (χ1v) is 6.61. The van der Waals surface area contributed by atoms with Crippen LogP contribution in [0.25, 0.3) is 0 Å². The van der Waals surface area contributed by atoms with E-state index in [2.05, 4.69) is 31.1 Å². The molecule has 1 aliphatic carbocycles. The van der Waals surface area contributed by atoms with Crippen molar-refractivity contribution in [2.24, 2.45) is 17.8 Å². The molecule has 2 heteroatoms. The maximum absolute atomic E-state index is 3.35. The van der Waals surface area contributed by atoms with Crippen molar-refractivity contribution < 1.29 is 0 Å². The highest BCUT2D eigenvalue weighted by atomic mass is 15.2. The fourth-order valence-electron chi connectivity index (χ4n) is 3.54. The highest BCUT2D eigenvalue weighted by Gasteiger charge is 2.38. The maximum Gasteiger partial charge on any atom is 0.0243 e. The summed E-state index contributed by atoms with van der Waals surface area (Å²) in [6, 6.07) is 0.751. The first kappa shape index (κ1) is 11.4. The number of rotatable bonds is 4. The van der Waals surface area contributed by atoms with E-state index in [4.69, 9.17) is 0 Å². The zero-order chi connectivity index (χ0) is 10.8. The minimum absolute atomic E-state index is 0.751. The van der Waals surface area contributed by atoms with Crippen LogP contribution in [0, 0.1) is 17.8 Å². The Kier molecular flexibility index (Phi) is 3.68. The SMILES string of the molecule is CNCC(C(C)C)N1CC2CCCC2C1. The summed E-state index contributed by atoms with van der Waals surface area (Å²) in [4.78, 5) is 2.75. The zero-order valence-electron chi connectivity index (χ0n) is 10.5. The van der Waals surface area contributed by atoms with Crippen LogP contribution < -0.4 is 5.32 Å². The smallest absolute Gasteiger partial charge is 0.0243 e. The van der Waals surface area contributed by atoms with Crippen molar-refractivity contribution in [3.63, 3.8) is 0 Å². The normalized spacial score (nSPS) is 33.6. The van der Waals surface area contributed by atoms with E-state index in [1.807, 2.05) is 0 Å². The molecule has 88 valence electrons. The molecule has 2 aliphatic rings. The molecule has 1 saturated carbocycles. The third-order valence-electron chi connectivity index (χ3n) is 4.41. The molecule has 1 heterocycles. The molecule has 1 aliphatic heterocycles. The van der Waals surface area contributed by atoms with Crippen molar-refractivity contribution in [1.82, 2.24) is 10.2 Å². The van der Waals surface area contributed by atoms with E-state index in [9.17, 15) is 0 Å². The molecular weight excluding hydrogens is 184 g/mol. The number of nitrogens with one attached hydrogen (secondary N) is 1. The van der Waals surface area contributed by atoms with Gasteiger partial charge in [-0.25, -0.2) is 0 Å². The van der Waals surface area contributed by atoms with Crippen molar-refractivity contribution in [3.8, 4) is 0 Å². The van der Waals surface area contributed by atoms with Gasteiger partial charge in [0.2, 0.25) is 0 Å². The summed E-state index contributed by atoms with van der Waals surface area (Å²) < 4.78 is 0. The molecular formula is C13H26N2. The number of hydrogen-bond acceptors (Lipinski definition) is 2. The molecule has 2 nitrogen and oxygen atoms in total. The van der Waals surface area contributed by atoms with Crippen molar-refractivity contribution in [1.29, 1.82) is 0 Å². The number of likely N-dealkylation sites (N-methyl/N-ethyl adjacent to an activating group) is 1. The maximum atomic E-state index is 3.35. The van der Waals surface area contributed by atoms with Crippen LogP contribution in [0.15, 0.2) is 0 Å². The lowest BCUT2D eigenvalue weighted by molar-refractivity contribution is 0.176. The Morgan fingerprint density at radius 1 is 1.20 bits per heavy atom. The first-order chi connectivity index (χ1) is 7.22. The molecule has 2 rings (SSSR count). The zero-order valence-corrected chi connectivity index (χ0v) is 10.5. The highest BCUT2D eigenvalue weighted by molar-refractivity contribution is 4.92. The van der Waals surface area contributed by atoms with E-state index >= 15 is 0 Å². The second-order valence-corrected chi connectivity index (χ2v) is 5.77. The topological polar surface area (TPSA) is 15.3 Å². The molecule has 15 heavy (non-hydrogen) atoms. The van der Waals surface area contributed by atoms with Gasteiger partial charge < -0.3 is 5.32 Å². The number of likely N-dealkylation sites (tertiary alicyclic amines) is 1. The molecule has 0 aromatic rings. The number of nitrogens with zero attached hydrogens (tertiary/aromatic N) is 1. The van der Waals surface area contributed by atoms with Crippen LogP contribution in [0.2, 0.25) is 0 Å². The second kappa shape index (κ2) is 4.84. The summed E-state index contributed by atoms with van der Waals surface area (Å²) in [6.07, 6.45) is 4.47. The minimum Gasteiger partial charge on any atom is -0.318 e. The molecule has 0 aromatic carbocycles. The van der Waals surface area contributed by atoms with Crippen LogP contribution in [-0.2, 0) is 0 Å². The van der Waals surface area contributed by atoms with Crippen molar-refractivity contribution >= 4 is 0 Å². The average molecular weight is 210 g/mol. The minimum atomic E-state index is 0.751. The lowest BCUT2D eigenvalue weighted by Gasteiger charge is -2.31. The standard InChI is InChI=1S/C13H26N2/c1-10(2)13(7-14-3)15-8-11-5-4-6-12(11)9-15/h10-14H,4-9H2,1-3H3. The number of fused-ring (bicyclic) bond motifs is 1. The highest BCUT2D eigenvalue weighted by Crippen LogP contribution is 2.38. The van der Waals surface area contributed by atoms with E-state index < -0.39 is 0 Å². The van der Waals surface area contributed by atoms with Crippen LogP contribution in [0.3, 0.4) is 0 Å². The van der Waals surface area contributed by atoms with Crippen molar-refractivity contribution in [3.05, 3.63) is 0 Å². The Morgan fingerprint density at radius 2 is 1.80 bits per heavy atom. The van der Waals surface area contributed by atoms with Crippen LogP contribution in [0.4, 0.5) is 0 Å². The lowest BCUT2D eigenvalue weighted by Crippen LogP contribution is -2.44. The van der Waals surface area contributed by atoms with Gasteiger partial charge in [0, 0.05) is 25.7 Å². The van der Waals surface area contributed by atoms with Gasteiger partial charge in [0.05, 0.1) is 0 Å². The van der Waals surface area contributed by atoms with Crippen molar-refractivity contribution in [2.75, 3.05) is 26.7 Å². The van der Waals surface area contributed by atoms with Gasteiger partial charge in [0.25, 0.3) is 0 Å². The second-order valence-electron chi connectivity index (χ2n) is 5.77. The van der Waals surface area contributed by atoms with E-state index in [1.54, 1.807) is 0 Å². The molecule has 1 N–H and O–H groups in total. The van der Waals surface area contributed by atoms with Crippen molar-refractivity contribution in [2.45, 2.75) is 39.2 Å². The van der Waals surface area contributed by atoms with Crippen LogP contribution in [0.1, 0.15) is 33.1 Å². The molecule has 1 saturated heterocycles. The van der Waals surface area contributed by atoms with Crippen LogP contribution >= 0.6 is 0 Å². The number of hydrogen-bond donors (Lipinski definition) is 1. The van der Waals surface area contributed by atoms with Gasteiger partial charge in [-0.05, 0) is 37.6 Å². The first-order valence-electron chi connectivity index (χ1n) is 6.61. The molecule has 2 fully saturated rings. The quantitative estimate of drug-likeness (QED) is 0.763. The van der Waals surface area contributed by atoms with Crippen LogP contribution in [-0.4, -0.2) is 37.6 Å².